The lowest BCUT2D eigenvalue weighted by molar-refractivity contribution is 0.0962. The van der Waals surface area contributed by atoms with Crippen molar-refractivity contribution in [1.29, 1.82) is 0 Å². The quantitative estimate of drug-likeness (QED) is 0.456. The topological polar surface area (TPSA) is 113 Å². The fourth-order valence-corrected chi connectivity index (χ4v) is 3.71. The van der Waals surface area contributed by atoms with Crippen molar-refractivity contribution in [1.82, 2.24) is 19.1 Å². The van der Waals surface area contributed by atoms with E-state index in [1.165, 1.54) is 28.8 Å². The van der Waals surface area contributed by atoms with Gasteiger partial charge in [0.05, 0.1) is 12.1 Å². The van der Waals surface area contributed by atoms with Crippen molar-refractivity contribution in [2.45, 2.75) is 33.4 Å². The second kappa shape index (κ2) is 8.42. The van der Waals surface area contributed by atoms with E-state index >= 15 is 0 Å². The molecule has 0 saturated heterocycles. The van der Waals surface area contributed by atoms with E-state index in [0.717, 1.165) is 10.1 Å². The average Bonchev–Trinajstić information content (AvgIpc) is 3.05. The summed E-state index contributed by atoms with van der Waals surface area (Å²) in [7, 11) is 0. The van der Waals surface area contributed by atoms with Gasteiger partial charge in [-0.25, -0.2) is 19.2 Å². The number of aryl methyl sites for hydroxylation is 1. The van der Waals surface area contributed by atoms with Gasteiger partial charge in [0.15, 0.2) is 22.9 Å². The van der Waals surface area contributed by atoms with Crippen molar-refractivity contribution in [3.05, 3.63) is 81.7 Å². The summed E-state index contributed by atoms with van der Waals surface area (Å²) >= 11 is 0. The summed E-state index contributed by atoms with van der Waals surface area (Å²) in [4.78, 5) is 47.4. The van der Waals surface area contributed by atoms with Crippen LogP contribution in [0.15, 0.2) is 53.3 Å². The molecule has 0 bridgehead atoms. The normalized spacial score (nSPS) is 11.3. The predicted octanol–water partition coefficient (Wildman–Crippen LogP) is 3.27. The van der Waals surface area contributed by atoms with E-state index < -0.39 is 29.7 Å². The number of imidazole rings is 1. The number of benzene rings is 2. The Bertz CT molecular complexity index is 1450. The first kappa shape index (κ1) is 22.1. The summed E-state index contributed by atoms with van der Waals surface area (Å²) in [6.45, 7) is 5.00. The third kappa shape index (κ3) is 3.93. The van der Waals surface area contributed by atoms with E-state index in [-0.39, 0.29) is 34.3 Å². The highest BCUT2D eigenvalue weighted by molar-refractivity contribution is 6.03. The van der Waals surface area contributed by atoms with Crippen molar-refractivity contribution in [3.8, 4) is 11.4 Å². The van der Waals surface area contributed by atoms with Crippen LogP contribution in [0.4, 0.5) is 4.39 Å². The number of hydrogen-bond acceptors (Lipinski definition) is 5. The number of aromatic nitrogens is 4. The largest absolute Gasteiger partial charge is 0.364 e. The summed E-state index contributed by atoms with van der Waals surface area (Å²) in [6.07, 6.45) is 0. The van der Waals surface area contributed by atoms with E-state index in [9.17, 15) is 18.8 Å². The maximum Gasteiger partial charge on any atom is 0.331 e. The molecule has 1 amide bonds. The van der Waals surface area contributed by atoms with Gasteiger partial charge in [0.2, 0.25) is 0 Å². The average molecular weight is 447 g/mol. The Morgan fingerprint density at radius 3 is 2.33 bits per heavy atom. The molecule has 9 heteroatoms. The van der Waals surface area contributed by atoms with Gasteiger partial charge >= 0.3 is 5.69 Å². The number of nitrogens with two attached hydrogens (primary N) is 1. The smallest absolute Gasteiger partial charge is 0.331 e. The molecule has 0 atom stereocenters. The first-order valence-electron chi connectivity index (χ1n) is 10.4. The Balaban J connectivity index is 1.98. The lowest BCUT2D eigenvalue weighted by atomic mass is 10.1. The molecule has 0 aliphatic heterocycles. The van der Waals surface area contributed by atoms with Gasteiger partial charge in [0.25, 0.3) is 5.91 Å². The van der Waals surface area contributed by atoms with Gasteiger partial charge in [0, 0.05) is 11.6 Å². The lowest BCUT2D eigenvalue weighted by Gasteiger charge is -2.09. The van der Waals surface area contributed by atoms with Crippen LogP contribution < -0.4 is 11.4 Å². The molecule has 2 aromatic heterocycles. The van der Waals surface area contributed by atoms with Crippen LogP contribution in [-0.4, -0.2) is 30.8 Å². The molecule has 8 nitrogen and oxygen atoms in total. The standard InChI is InChI=1S/C24H22FN5O3/c1-13(2)30-23-20(29(24(30)33)12-18(31)16-6-4-5-7-17(16)25)19(21(26)32)27-22(28-23)15-10-8-14(3)9-11-15/h4-11,13H,12H2,1-3H3,(H2,26,32). The number of nitrogens with zero attached hydrogens (tertiary/aromatic N) is 4. The molecule has 0 aliphatic carbocycles. The Labute approximate surface area is 188 Å². The summed E-state index contributed by atoms with van der Waals surface area (Å²) in [6, 6.07) is 12.5. The zero-order chi connectivity index (χ0) is 23.9. The van der Waals surface area contributed by atoms with E-state index in [4.69, 9.17) is 5.73 Å². The monoisotopic (exact) mass is 447 g/mol. The molecular formula is C24H22FN5O3. The molecule has 2 heterocycles. The number of ketones is 1. The summed E-state index contributed by atoms with van der Waals surface area (Å²) < 4.78 is 16.6. The molecule has 2 N–H and O–H groups in total. The zero-order valence-electron chi connectivity index (χ0n) is 18.4. The number of Topliss-reactive ketones (excluding diaryl/α,β-unsaturated/α-hetero) is 1. The summed E-state index contributed by atoms with van der Waals surface area (Å²) in [5.74, 6) is -1.97. The van der Waals surface area contributed by atoms with Crippen LogP contribution in [0.2, 0.25) is 0 Å². The maximum absolute atomic E-state index is 14.2. The summed E-state index contributed by atoms with van der Waals surface area (Å²) in [5.41, 5.74) is 6.60. The molecule has 4 aromatic rings. The number of carbonyl (C=O) groups is 2. The molecule has 0 spiro atoms. The zero-order valence-corrected chi connectivity index (χ0v) is 18.4. The minimum atomic E-state index is -0.872. The third-order valence-electron chi connectivity index (χ3n) is 5.34. The van der Waals surface area contributed by atoms with Crippen molar-refractivity contribution in [3.63, 3.8) is 0 Å². The van der Waals surface area contributed by atoms with Crippen LogP contribution in [0.25, 0.3) is 22.6 Å². The molecule has 0 aliphatic rings. The van der Waals surface area contributed by atoms with E-state index in [1.807, 2.05) is 19.1 Å². The molecule has 0 unspecified atom stereocenters. The van der Waals surface area contributed by atoms with Gasteiger partial charge in [-0.3, -0.25) is 18.7 Å². The molecule has 33 heavy (non-hydrogen) atoms. The van der Waals surface area contributed by atoms with Gasteiger partial charge in [-0.15, -0.1) is 0 Å². The van der Waals surface area contributed by atoms with E-state index in [1.54, 1.807) is 26.0 Å². The number of primary amides is 1. The first-order chi connectivity index (χ1) is 15.7. The number of carbonyl (C=O) groups excluding carboxylic acids is 2. The molecule has 0 saturated carbocycles. The van der Waals surface area contributed by atoms with E-state index in [0.29, 0.717) is 5.56 Å². The van der Waals surface area contributed by atoms with Crippen LogP contribution >= 0.6 is 0 Å². The predicted molar refractivity (Wildman–Crippen MR) is 122 cm³/mol. The number of amides is 1. The highest BCUT2D eigenvalue weighted by Crippen LogP contribution is 2.24. The number of fused-ring (bicyclic) bond motifs is 1. The van der Waals surface area contributed by atoms with E-state index in [2.05, 4.69) is 9.97 Å². The van der Waals surface area contributed by atoms with Crippen molar-refractivity contribution < 1.29 is 14.0 Å². The van der Waals surface area contributed by atoms with Gasteiger partial charge in [-0.05, 0) is 32.9 Å². The van der Waals surface area contributed by atoms with Crippen molar-refractivity contribution in [2.75, 3.05) is 0 Å². The maximum atomic E-state index is 14.2. The number of hydrogen-bond donors (Lipinski definition) is 1. The number of rotatable bonds is 6. The minimum absolute atomic E-state index is 0.0433. The van der Waals surface area contributed by atoms with Crippen LogP contribution in [0.1, 0.15) is 46.3 Å². The van der Waals surface area contributed by atoms with Gasteiger partial charge in [-0.2, -0.15) is 0 Å². The van der Waals surface area contributed by atoms with Gasteiger partial charge in [0.1, 0.15) is 11.3 Å². The second-order valence-electron chi connectivity index (χ2n) is 8.03. The molecule has 168 valence electrons. The lowest BCUT2D eigenvalue weighted by Crippen LogP contribution is -2.28. The Hall–Kier alpha value is -4.14. The van der Waals surface area contributed by atoms with Crippen LogP contribution in [0.5, 0.6) is 0 Å². The highest BCUT2D eigenvalue weighted by Gasteiger charge is 2.26. The van der Waals surface area contributed by atoms with Gasteiger partial charge in [-0.1, -0.05) is 42.0 Å². The van der Waals surface area contributed by atoms with Crippen molar-refractivity contribution in [2.24, 2.45) is 5.73 Å². The Morgan fingerprint density at radius 1 is 1.06 bits per heavy atom. The fourth-order valence-electron chi connectivity index (χ4n) is 3.71. The SMILES string of the molecule is Cc1ccc(-c2nc(C(N)=O)c3c(n2)n(C(C)C)c(=O)n3CC(=O)c2ccccc2F)cc1. The van der Waals surface area contributed by atoms with Gasteiger partial charge < -0.3 is 5.73 Å². The van der Waals surface area contributed by atoms with Crippen LogP contribution in [0, 0.1) is 12.7 Å². The molecule has 0 radical (unpaired) electrons. The Morgan fingerprint density at radius 2 is 1.73 bits per heavy atom. The highest BCUT2D eigenvalue weighted by atomic mass is 19.1. The summed E-state index contributed by atoms with van der Waals surface area (Å²) in [5, 5.41) is 0. The number of halogens is 1. The minimum Gasteiger partial charge on any atom is -0.364 e. The third-order valence-corrected chi connectivity index (χ3v) is 5.34. The molecule has 4 rings (SSSR count). The van der Waals surface area contributed by atoms with Crippen LogP contribution in [-0.2, 0) is 6.54 Å². The first-order valence-corrected chi connectivity index (χ1v) is 10.4. The molecule has 0 fully saturated rings. The Kier molecular flexibility index (Phi) is 5.63. The molecular weight excluding hydrogens is 425 g/mol. The molecule has 2 aromatic carbocycles. The van der Waals surface area contributed by atoms with Crippen LogP contribution in [0.3, 0.4) is 0 Å². The second-order valence-corrected chi connectivity index (χ2v) is 8.03. The van der Waals surface area contributed by atoms with Crippen molar-refractivity contribution >= 4 is 22.9 Å². The fraction of sp³-hybridized carbons (Fsp3) is 0.208.